The maximum atomic E-state index is 13.9. The molecular weight excluding hydrogens is 540 g/mol. The molecule has 3 atom stereocenters. The Bertz CT molecular complexity index is 1110. The summed E-state index contributed by atoms with van der Waals surface area (Å²) < 4.78 is 27.9. The van der Waals surface area contributed by atoms with E-state index in [1.54, 1.807) is 0 Å². The first-order chi connectivity index (χ1) is 20.1. The first-order valence-corrected chi connectivity index (χ1v) is 14.4. The SMILES string of the molecule is CCCC(c1ccc(C=O)cc1)N(C)C1(/N=C(\C=O)c2cc(F)cc(F)c2)CC(C)CC(C)C1.CNCCC=O.CO. The van der Waals surface area contributed by atoms with E-state index >= 15 is 0 Å². The van der Waals surface area contributed by atoms with Crippen LogP contribution in [0.25, 0.3) is 0 Å². The maximum Gasteiger partial charge on any atom is 0.168 e. The van der Waals surface area contributed by atoms with E-state index in [1.165, 1.54) is 0 Å². The minimum atomic E-state index is -0.739. The molecule has 0 spiro atoms. The number of halogens is 2. The van der Waals surface area contributed by atoms with Crippen LogP contribution in [-0.2, 0) is 9.59 Å². The zero-order chi connectivity index (χ0) is 31.7. The molecule has 232 valence electrons. The molecule has 1 saturated carbocycles. The summed E-state index contributed by atoms with van der Waals surface area (Å²) in [7, 11) is 4.85. The summed E-state index contributed by atoms with van der Waals surface area (Å²) in [5.74, 6) is -0.744. The van der Waals surface area contributed by atoms with E-state index in [4.69, 9.17) is 10.1 Å². The molecule has 3 rings (SSSR count). The number of benzene rings is 2. The molecule has 2 aromatic carbocycles. The van der Waals surface area contributed by atoms with Gasteiger partial charge in [0.2, 0.25) is 0 Å². The number of carbonyl (C=O) groups excluding carboxylic acids is 3. The Morgan fingerprint density at radius 1 is 1.07 bits per heavy atom. The van der Waals surface area contributed by atoms with Gasteiger partial charge in [-0.25, -0.2) is 8.78 Å². The minimum Gasteiger partial charge on any atom is -0.400 e. The number of rotatable bonds is 12. The van der Waals surface area contributed by atoms with Gasteiger partial charge in [0.15, 0.2) is 6.29 Å². The Balaban J connectivity index is 0.000000979. The van der Waals surface area contributed by atoms with Gasteiger partial charge in [-0.1, -0.05) is 51.5 Å². The standard InChI is InChI=1S/C28H34F2N2O2.C4H9NO.CH4O/c1-5-6-27(22-9-7-21(17-33)8-10-22)32(4)28(15-19(2)11-20(3)16-28)31-26(18-34)23-12-24(29)14-25(30)13-23;1-5-3-2-4-6;1-2/h7-10,12-14,17-20,27H,5-6,11,15-16H2,1-4H3;4-5H,2-3H2,1H3;2H,1H3/b31-26+;;. The van der Waals surface area contributed by atoms with Crippen molar-refractivity contribution in [2.45, 2.75) is 71.0 Å². The van der Waals surface area contributed by atoms with Gasteiger partial charge in [0.05, 0.1) is 0 Å². The van der Waals surface area contributed by atoms with Gasteiger partial charge in [0.25, 0.3) is 0 Å². The molecule has 0 aromatic heterocycles. The second kappa shape index (κ2) is 19.1. The van der Waals surface area contributed by atoms with E-state index in [-0.39, 0.29) is 17.3 Å². The van der Waals surface area contributed by atoms with E-state index < -0.39 is 17.3 Å². The summed E-state index contributed by atoms with van der Waals surface area (Å²) in [6, 6.07) is 10.7. The molecule has 3 unspecified atom stereocenters. The third-order valence-corrected chi connectivity index (χ3v) is 7.41. The number of hydrogen-bond donors (Lipinski definition) is 2. The lowest BCUT2D eigenvalue weighted by Gasteiger charge is -2.49. The molecule has 1 fully saturated rings. The molecule has 1 aliphatic rings. The quantitative estimate of drug-likeness (QED) is 0.185. The molecular formula is C33H47F2N3O4. The van der Waals surface area contributed by atoms with Crippen LogP contribution in [0.4, 0.5) is 8.78 Å². The number of aliphatic hydroxyl groups excluding tert-OH is 1. The summed E-state index contributed by atoms with van der Waals surface area (Å²) in [5, 5.41) is 9.84. The molecule has 2 N–H and O–H groups in total. The summed E-state index contributed by atoms with van der Waals surface area (Å²) in [4.78, 5) is 40.0. The van der Waals surface area contributed by atoms with Crippen molar-refractivity contribution in [2.75, 3.05) is 27.7 Å². The molecule has 0 saturated heterocycles. The van der Waals surface area contributed by atoms with E-state index in [9.17, 15) is 23.2 Å². The highest BCUT2D eigenvalue weighted by Gasteiger charge is 2.44. The molecule has 1 aliphatic carbocycles. The number of nitrogens with zero attached hydrogens (tertiary/aromatic N) is 2. The van der Waals surface area contributed by atoms with E-state index in [0.29, 0.717) is 30.1 Å². The van der Waals surface area contributed by atoms with Crippen molar-refractivity contribution < 1.29 is 28.3 Å². The topological polar surface area (TPSA) is 99.1 Å². The second-order valence-electron chi connectivity index (χ2n) is 10.9. The first-order valence-electron chi connectivity index (χ1n) is 14.4. The van der Waals surface area contributed by atoms with Crippen molar-refractivity contribution >= 4 is 24.6 Å². The fraction of sp³-hybridized carbons (Fsp3) is 0.515. The Morgan fingerprint density at radius 3 is 2.07 bits per heavy atom. The third-order valence-electron chi connectivity index (χ3n) is 7.41. The van der Waals surface area contributed by atoms with E-state index in [2.05, 4.69) is 31.0 Å². The third kappa shape index (κ3) is 10.9. The minimum absolute atomic E-state index is 0.00380. The van der Waals surface area contributed by atoms with Gasteiger partial charge in [-0.15, -0.1) is 0 Å². The normalized spacial score (nSPS) is 20.9. The van der Waals surface area contributed by atoms with Crippen molar-refractivity contribution in [1.29, 1.82) is 0 Å². The van der Waals surface area contributed by atoms with Crippen molar-refractivity contribution in [3.63, 3.8) is 0 Å². The van der Waals surface area contributed by atoms with Crippen LogP contribution >= 0.6 is 0 Å². The number of hydrogen-bond acceptors (Lipinski definition) is 7. The maximum absolute atomic E-state index is 13.9. The van der Waals surface area contributed by atoms with Crippen molar-refractivity contribution in [1.82, 2.24) is 10.2 Å². The highest BCUT2D eigenvalue weighted by atomic mass is 19.1. The summed E-state index contributed by atoms with van der Waals surface area (Å²) in [6.45, 7) is 7.28. The summed E-state index contributed by atoms with van der Waals surface area (Å²) in [5.41, 5.74) is 1.18. The summed E-state index contributed by atoms with van der Waals surface area (Å²) >= 11 is 0. The molecule has 2 aromatic rings. The average Bonchev–Trinajstić information content (AvgIpc) is 2.97. The largest absolute Gasteiger partial charge is 0.400 e. The van der Waals surface area contributed by atoms with Crippen molar-refractivity contribution in [3.8, 4) is 0 Å². The van der Waals surface area contributed by atoms with Gasteiger partial charge >= 0.3 is 0 Å². The molecule has 0 bridgehead atoms. The molecule has 9 heteroatoms. The van der Waals surface area contributed by atoms with Crippen LogP contribution in [0.1, 0.15) is 86.8 Å². The highest BCUT2D eigenvalue weighted by Crippen LogP contribution is 2.44. The zero-order valence-electron chi connectivity index (χ0n) is 25.8. The Morgan fingerprint density at radius 2 is 1.64 bits per heavy atom. The lowest BCUT2D eigenvalue weighted by atomic mass is 9.75. The predicted octanol–water partition coefficient (Wildman–Crippen LogP) is 5.79. The van der Waals surface area contributed by atoms with Crippen LogP contribution in [0.3, 0.4) is 0 Å². The fourth-order valence-corrected chi connectivity index (χ4v) is 5.74. The number of nitrogens with one attached hydrogen (secondary N) is 1. The fourth-order valence-electron chi connectivity index (χ4n) is 5.74. The molecule has 0 amide bonds. The van der Waals surface area contributed by atoms with Crippen LogP contribution in [0.5, 0.6) is 0 Å². The van der Waals surface area contributed by atoms with Gasteiger partial charge in [-0.2, -0.15) is 0 Å². The van der Waals surface area contributed by atoms with Gasteiger partial charge in [-0.05, 0) is 69.3 Å². The Hall–Kier alpha value is -3.14. The number of aliphatic imine (C=N–C) groups is 1. The van der Waals surface area contributed by atoms with Crippen molar-refractivity contribution in [3.05, 3.63) is 70.8 Å². The Kier molecular flexibility index (Phi) is 16.8. The molecule has 0 radical (unpaired) electrons. The number of aldehydes is 3. The van der Waals surface area contributed by atoms with Crippen LogP contribution in [0, 0.1) is 23.5 Å². The highest BCUT2D eigenvalue weighted by molar-refractivity contribution is 6.36. The van der Waals surface area contributed by atoms with E-state index in [0.717, 1.165) is 82.1 Å². The van der Waals surface area contributed by atoms with Gasteiger partial charge in [-0.3, -0.25) is 19.5 Å². The van der Waals surface area contributed by atoms with Gasteiger partial charge < -0.3 is 15.2 Å². The average molecular weight is 588 g/mol. The number of carbonyl (C=O) groups is 3. The van der Waals surface area contributed by atoms with E-state index in [1.807, 2.05) is 38.4 Å². The lowest BCUT2D eigenvalue weighted by Crippen LogP contribution is -2.52. The molecule has 0 heterocycles. The van der Waals surface area contributed by atoms with Crippen LogP contribution in [0.2, 0.25) is 0 Å². The summed E-state index contributed by atoms with van der Waals surface area (Å²) in [6.07, 6.45) is 7.27. The zero-order valence-corrected chi connectivity index (χ0v) is 25.8. The monoisotopic (exact) mass is 587 g/mol. The van der Waals surface area contributed by atoms with Gasteiger partial charge in [0, 0.05) is 43.3 Å². The Labute approximate surface area is 249 Å². The van der Waals surface area contributed by atoms with Crippen LogP contribution in [-0.4, -0.2) is 68.0 Å². The molecule has 42 heavy (non-hydrogen) atoms. The van der Waals surface area contributed by atoms with Crippen LogP contribution in [0.15, 0.2) is 47.5 Å². The first kappa shape index (κ1) is 36.9. The predicted molar refractivity (Wildman–Crippen MR) is 164 cm³/mol. The smallest absolute Gasteiger partial charge is 0.168 e. The second-order valence-corrected chi connectivity index (χ2v) is 10.9. The molecule has 0 aliphatic heterocycles. The van der Waals surface area contributed by atoms with Crippen LogP contribution < -0.4 is 5.32 Å². The number of aliphatic hydroxyl groups is 1. The van der Waals surface area contributed by atoms with Crippen molar-refractivity contribution in [2.24, 2.45) is 16.8 Å². The lowest BCUT2D eigenvalue weighted by molar-refractivity contribution is -0.107. The van der Waals surface area contributed by atoms with Gasteiger partial charge in [0.1, 0.15) is 35.6 Å². The molecule has 7 nitrogen and oxygen atoms in total.